The third-order valence-electron chi connectivity index (χ3n) is 6.13. The van der Waals surface area contributed by atoms with Crippen molar-refractivity contribution in [2.75, 3.05) is 33.1 Å². The Kier molecular flexibility index (Phi) is 9.64. The van der Waals surface area contributed by atoms with Crippen molar-refractivity contribution in [1.29, 1.82) is 0 Å². The first kappa shape index (κ1) is 27.1. The molecule has 3 aromatic rings. The molecule has 0 radical (unpaired) electrons. The van der Waals surface area contributed by atoms with Crippen LogP contribution in [0.25, 0.3) is 0 Å². The predicted octanol–water partition coefficient (Wildman–Crippen LogP) is 4.48. The van der Waals surface area contributed by atoms with Gasteiger partial charge in [0.05, 0.1) is 6.54 Å². The Balaban J connectivity index is 1.47. The molecular weight excluding hydrogens is 486 g/mol. The quantitative estimate of drug-likeness (QED) is 0.333. The summed E-state index contributed by atoms with van der Waals surface area (Å²) in [6, 6.07) is 18.7. The average molecular weight is 522 g/mol. The van der Waals surface area contributed by atoms with Gasteiger partial charge in [-0.25, -0.2) is 4.79 Å². The highest BCUT2D eigenvalue weighted by atomic mass is 16.7. The van der Waals surface area contributed by atoms with E-state index in [0.717, 1.165) is 16.9 Å². The molecule has 0 atom stereocenters. The Bertz CT molecular complexity index is 1200. The summed E-state index contributed by atoms with van der Waals surface area (Å²) in [5.74, 6) is 2.59. The Labute approximate surface area is 223 Å². The zero-order chi connectivity index (χ0) is 26.7. The number of carbonyl (C=O) groups excluding carboxylic acids is 2. The van der Waals surface area contributed by atoms with Gasteiger partial charge in [0, 0.05) is 32.8 Å². The van der Waals surface area contributed by atoms with Crippen LogP contribution in [0.2, 0.25) is 0 Å². The van der Waals surface area contributed by atoms with Gasteiger partial charge in [-0.05, 0) is 55.7 Å². The lowest BCUT2D eigenvalue weighted by molar-refractivity contribution is -0.133. The van der Waals surface area contributed by atoms with Crippen LogP contribution in [0.3, 0.4) is 0 Å². The molecule has 2 heterocycles. The smallest absolute Gasteiger partial charge is 0.318 e. The van der Waals surface area contributed by atoms with Gasteiger partial charge in [0.15, 0.2) is 11.5 Å². The minimum absolute atomic E-state index is 0.0724. The molecule has 1 aromatic heterocycles. The van der Waals surface area contributed by atoms with Crippen molar-refractivity contribution in [3.63, 3.8) is 0 Å². The zero-order valence-corrected chi connectivity index (χ0v) is 22.0. The second kappa shape index (κ2) is 13.5. The number of amides is 3. The zero-order valence-electron chi connectivity index (χ0n) is 22.0. The number of hydrogen-bond acceptors (Lipinski definition) is 6. The van der Waals surface area contributed by atoms with Gasteiger partial charge in [0.25, 0.3) is 0 Å². The maximum atomic E-state index is 13.6. The number of fused-ring (bicyclic) bond motifs is 1. The summed E-state index contributed by atoms with van der Waals surface area (Å²) < 4.78 is 22.1. The first-order valence-electron chi connectivity index (χ1n) is 12.9. The largest absolute Gasteiger partial charge is 0.464 e. The van der Waals surface area contributed by atoms with E-state index in [-0.39, 0.29) is 31.8 Å². The summed E-state index contributed by atoms with van der Waals surface area (Å²) in [5.41, 5.74) is 1.88. The van der Waals surface area contributed by atoms with Crippen LogP contribution >= 0.6 is 0 Å². The Hall–Kier alpha value is -3.98. The van der Waals surface area contributed by atoms with E-state index in [1.165, 1.54) is 0 Å². The summed E-state index contributed by atoms with van der Waals surface area (Å²) in [5, 5.41) is 2.94. The monoisotopic (exact) mass is 521 g/mol. The van der Waals surface area contributed by atoms with Crippen LogP contribution in [0.1, 0.15) is 36.0 Å². The fourth-order valence-corrected chi connectivity index (χ4v) is 4.15. The summed E-state index contributed by atoms with van der Waals surface area (Å²) in [6.45, 7) is 6.40. The summed E-state index contributed by atoms with van der Waals surface area (Å²) in [7, 11) is 0. The van der Waals surface area contributed by atoms with Crippen LogP contribution in [-0.4, -0.2) is 54.8 Å². The van der Waals surface area contributed by atoms with E-state index < -0.39 is 0 Å². The number of nitrogens with one attached hydrogen (secondary N) is 1. The molecule has 0 fully saturated rings. The maximum absolute atomic E-state index is 13.6. The molecule has 38 heavy (non-hydrogen) atoms. The summed E-state index contributed by atoms with van der Waals surface area (Å²) in [4.78, 5) is 30.0. The van der Waals surface area contributed by atoms with Crippen LogP contribution in [0.15, 0.2) is 65.1 Å². The molecular formula is C29H35N3O6. The van der Waals surface area contributed by atoms with Gasteiger partial charge in [-0.3, -0.25) is 4.79 Å². The standard InChI is InChI=1S/C29H35N3O6/c1-3-35-15-7-14-31(29(34)30-17-23-8-5-4-6-9-23)20-28(33)32(19-25-12-10-22(2)38-25)18-24-11-13-26-27(16-24)37-21-36-26/h4-6,8-13,16H,3,7,14-15,17-21H2,1-2H3,(H,30,34). The number of nitrogens with zero attached hydrogens (tertiary/aromatic N) is 2. The van der Waals surface area contributed by atoms with Crippen molar-refractivity contribution in [2.45, 2.75) is 39.9 Å². The molecule has 0 bridgehead atoms. The van der Waals surface area contributed by atoms with E-state index in [9.17, 15) is 9.59 Å². The van der Waals surface area contributed by atoms with Gasteiger partial charge >= 0.3 is 6.03 Å². The average Bonchev–Trinajstić information content (AvgIpc) is 3.57. The van der Waals surface area contributed by atoms with E-state index in [4.69, 9.17) is 18.6 Å². The molecule has 0 spiro atoms. The second-order valence-electron chi connectivity index (χ2n) is 9.07. The lowest BCUT2D eigenvalue weighted by atomic mass is 10.2. The third kappa shape index (κ3) is 7.76. The van der Waals surface area contributed by atoms with Crippen LogP contribution in [0.5, 0.6) is 11.5 Å². The van der Waals surface area contributed by atoms with Crippen LogP contribution in [0, 0.1) is 6.92 Å². The Morgan fingerprint density at radius 1 is 0.947 bits per heavy atom. The van der Waals surface area contributed by atoms with Crippen molar-refractivity contribution >= 4 is 11.9 Å². The molecule has 4 rings (SSSR count). The summed E-state index contributed by atoms with van der Waals surface area (Å²) >= 11 is 0. The lowest BCUT2D eigenvalue weighted by Crippen LogP contribution is -2.46. The molecule has 9 nitrogen and oxygen atoms in total. The van der Waals surface area contributed by atoms with E-state index in [1.807, 2.05) is 74.5 Å². The minimum Gasteiger partial charge on any atom is -0.464 e. The fraction of sp³-hybridized carbons (Fsp3) is 0.379. The first-order valence-corrected chi connectivity index (χ1v) is 12.9. The number of benzene rings is 2. The molecule has 9 heteroatoms. The predicted molar refractivity (Wildman–Crippen MR) is 142 cm³/mol. The van der Waals surface area contributed by atoms with Gasteiger partial charge in [-0.1, -0.05) is 36.4 Å². The molecule has 0 saturated carbocycles. The van der Waals surface area contributed by atoms with Crippen molar-refractivity contribution in [3.8, 4) is 11.5 Å². The first-order chi connectivity index (χ1) is 18.5. The van der Waals surface area contributed by atoms with Gasteiger partial charge < -0.3 is 33.7 Å². The van der Waals surface area contributed by atoms with Gasteiger partial charge in [0.1, 0.15) is 18.1 Å². The molecule has 1 aliphatic heterocycles. The second-order valence-corrected chi connectivity index (χ2v) is 9.07. The number of hydrogen-bond donors (Lipinski definition) is 1. The number of aryl methyl sites for hydroxylation is 1. The minimum atomic E-state index is -0.296. The molecule has 1 aliphatic rings. The fourth-order valence-electron chi connectivity index (χ4n) is 4.15. The molecule has 3 amide bonds. The topological polar surface area (TPSA) is 93.5 Å². The van der Waals surface area contributed by atoms with Crippen LogP contribution in [-0.2, 0) is 29.2 Å². The highest BCUT2D eigenvalue weighted by Gasteiger charge is 2.23. The highest BCUT2D eigenvalue weighted by Crippen LogP contribution is 2.33. The number of urea groups is 1. The summed E-state index contributed by atoms with van der Waals surface area (Å²) in [6.07, 6.45) is 0.624. The number of furan rings is 1. The molecule has 2 aromatic carbocycles. The van der Waals surface area contributed by atoms with Crippen molar-refractivity contribution in [1.82, 2.24) is 15.1 Å². The van der Waals surface area contributed by atoms with E-state index in [0.29, 0.717) is 56.5 Å². The SMILES string of the molecule is CCOCCCN(CC(=O)N(Cc1ccc2c(c1)OCO2)Cc1ccc(C)o1)C(=O)NCc1ccccc1. The van der Waals surface area contributed by atoms with Gasteiger partial charge in [-0.2, -0.15) is 0 Å². The van der Waals surface area contributed by atoms with E-state index >= 15 is 0 Å². The molecule has 0 aliphatic carbocycles. The Morgan fingerprint density at radius 2 is 1.76 bits per heavy atom. The Morgan fingerprint density at radius 3 is 2.53 bits per heavy atom. The van der Waals surface area contributed by atoms with Crippen molar-refractivity contribution in [2.24, 2.45) is 0 Å². The van der Waals surface area contributed by atoms with E-state index in [1.54, 1.807) is 9.80 Å². The van der Waals surface area contributed by atoms with Gasteiger partial charge in [0.2, 0.25) is 12.7 Å². The van der Waals surface area contributed by atoms with Crippen molar-refractivity contribution < 1.29 is 28.2 Å². The number of rotatable bonds is 13. The number of ether oxygens (including phenoxy) is 3. The highest BCUT2D eigenvalue weighted by molar-refractivity contribution is 5.84. The molecule has 0 saturated heterocycles. The number of carbonyl (C=O) groups is 2. The molecule has 0 unspecified atom stereocenters. The van der Waals surface area contributed by atoms with Crippen LogP contribution in [0.4, 0.5) is 4.79 Å². The van der Waals surface area contributed by atoms with E-state index in [2.05, 4.69) is 5.32 Å². The normalized spacial score (nSPS) is 11.8. The van der Waals surface area contributed by atoms with Gasteiger partial charge in [-0.15, -0.1) is 0 Å². The van der Waals surface area contributed by atoms with Crippen molar-refractivity contribution in [3.05, 3.63) is 83.3 Å². The van der Waals surface area contributed by atoms with Crippen LogP contribution < -0.4 is 14.8 Å². The maximum Gasteiger partial charge on any atom is 0.318 e. The molecule has 202 valence electrons. The molecule has 1 N–H and O–H groups in total. The lowest BCUT2D eigenvalue weighted by Gasteiger charge is -2.27. The third-order valence-corrected chi connectivity index (χ3v) is 6.13.